The van der Waals surface area contributed by atoms with Crippen molar-refractivity contribution in [1.82, 2.24) is 0 Å². The van der Waals surface area contributed by atoms with Crippen LogP contribution in [0.5, 0.6) is 0 Å². The molecule has 0 radical (unpaired) electrons. The highest BCUT2D eigenvalue weighted by Gasteiger charge is 2.42. The summed E-state index contributed by atoms with van der Waals surface area (Å²) < 4.78 is 0. The zero-order chi connectivity index (χ0) is 32.4. The number of hydrogen-bond acceptors (Lipinski definition) is 0. The Hall–Kier alpha value is -5.03. The van der Waals surface area contributed by atoms with Crippen molar-refractivity contribution in [1.29, 1.82) is 0 Å². The first-order chi connectivity index (χ1) is 23.3. The summed E-state index contributed by atoms with van der Waals surface area (Å²) in [6.45, 7) is 10.2. The number of fused-ring (bicyclic) bond motifs is 11. The Morgan fingerprint density at radius 3 is 1.19 bits per heavy atom. The normalized spacial score (nSPS) is 15.0. The van der Waals surface area contributed by atoms with E-state index in [2.05, 4.69) is 172 Å². The molecular weight excluding hydrogens is 609 g/mol. The lowest BCUT2D eigenvalue weighted by atomic mass is 9.91. The van der Waals surface area contributed by atoms with Gasteiger partial charge in [-0.05, 0) is 97.6 Å². The molecule has 228 valence electrons. The molecule has 0 bridgehead atoms. The lowest BCUT2D eigenvalue weighted by Crippen LogP contribution is -2.49. The van der Waals surface area contributed by atoms with Crippen LogP contribution in [0.1, 0.15) is 0 Å². The van der Waals surface area contributed by atoms with Gasteiger partial charge in [0.2, 0.25) is 0 Å². The molecule has 0 aromatic heterocycles. The topological polar surface area (TPSA) is 0 Å². The monoisotopic (exact) mass is 644 g/mol. The third-order valence-corrected chi connectivity index (χ3v) is 18.7. The largest absolute Gasteiger partial charge is 0.113 e. The Labute approximate surface area is 284 Å². The minimum Gasteiger partial charge on any atom is -0.0616 e. The van der Waals surface area contributed by atoms with E-state index in [1.54, 1.807) is 20.7 Å². The molecule has 10 rings (SSSR count). The molecule has 2 heterocycles. The summed E-state index contributed by atoms with van der Waals surface area (Å²) in [5, 5.41) is 14.3. The Balaban J connectivity index is 1.16. The molecule has 0 unspecified atom stereocenters. The van der Waals surface area contributed by atoms with Crippen molar-refractivity contribution in [3.63, 3.8) is 0 Å². The van der Waals surface area contributed by atoms with Crippen molar-refractivity contribution < 1.29 is 0 Å². The Bertz CT molecular complexity index is 2480. The van der Waals surface area contributed by atoms with Crippen LogP contribution in [0.25, 0.3) is 76.8 Å². The molecule has 0 saturated heterocycles. The van der Waals surface area contributed by atoms with Crippen molar-refractivity contribution in [3.05, 3.63) is 146 Å². The third-order valence-electron chi connectivity index (χ3n) is 11.7. The highest BCUT2D eigenvalue weighted by atomic mass is 28.3. The summed E-state index contributed by atoms with van der Waals surface area (Å²) in [6.07, 6.45) is 0. The maximum absolute atomic E-state index is 2.55. The summed E-state index contributed by atoms with van der Waals surface area (Å²) in [4.78, 5) is 0. The highest BCUT2D eigenvalue weighted by Crippen LogP contribution is 2.42. The van der Waals surface area contributed by atoms with Gasteiger partial charge in [-0.2, -0.15) is 0 Å². The minimum absolute atomic E-state index is 1.30. The first kappa shape index (κ1) is 28.0. The van der Waals surface area contributed by atoms with Gasteiger partial charge in [-0.1, -0.05) is 172 Å². The smallest absolute Gasteiger partial charge is 0.0616 e. The standard InChI is InChI=1S/C46H36Si2/c1-47(2)41-25-23-38-37(45(41)39-21-19-31(27-43(39)47)35-17-9-13-29-11-5-7-15-33(29)35)24-26-42-46(38)40-22-20-32(28-44(40)48(42,3)4)36-18-10-14-30-12-6-8-16-34(30)36/h5-28H,1-4H3. The Morgan fingerprint density at radius 1 is 0.312 bits per heavy atom. The van der Waals surface area contributed by atoms with E-state index in [0.717, 1.165) is 0 Å². The predicted octanol–water partition coefficient (Wildman–Crippen LogP) is 10.1. The molecule has 0 saturated carbocycles. The van der Waals surface area contributed by atoms with Crippen molar-refractivity contribution in [2.75, 3.05) is 0 Å². The summed E-state index contributed by atoms with van der Waals surface area (Å²) >= 11 is 0. The first-order valence-electron chi connectivity index (χ1n) is 17.2. The predicted molar refractivity (Wildman–Crippen MR) is 214 cm³/mol. The van der Waals surface area contributed by atoms with Crippen molar-refractivity contribution in [2.45, 2.75) is 26.2 Å². The first-order valence-corrected chi connectivity index (χ1v) is 23.2. The second kappa shape index (κ2) is 9.76. The molecule has 0 atom stereocenters. The third kappa shape index (κ3) is 3.70. The van der Waals surface area contributed by atoms with Crippen molar-refractivity contribution in [3.8, 4) is 44.5 Å². The molecule has 48 heavy (non-hydrogen) atoms. The summed E-state index contributed by atoms with van der Waals surface area (Å²) in [5.41, 5.74) is 11.1. The van der Waals surface area contributed by atoms with Crippen LogP contribution >= 0.6 is 0 Å². The van der Waals surface area contributed by atoms with E-state index in [-0.39, 0.29) is 0 Å². The Kier molecular flexibility index (Phi) is 5.70. The van der Waals surface area contributed by atoms with Crippen LogP contribution in [0.3, 0.4) is 0 Å². The van der Waals surface area contributed by atoms with Gasteiger partial charge in [0.1, 0.15) is 16.1 Å². The molecule has 8 aromatic carbocycles. The van der Waals surface area contributed by atoms with Crippen molar-refractivity contribution in [2.24, 2.45) is 0 Å². The molecule has 0 aliphatic carbocycles. The van der Waals surface area contributed by atoms with Gasteiger partial charge in [0, 0.05) is 0 Å². The molecule has 0 amide bonds. The molecule has 8 aromatic rings. The van der Waals surface area contributed by atoms with Crippen LogP contribution in [0.15, 0.2) is 146 Å². The lowest BCUT2D eigenvalue weighted by Gasteiger charge is -2.21. The van der Waals surface area contributed by atoms with E-state index in [1.807, 2.05) is 0 Å². The fraction of sp³-hybridized carbons (Fsp3) is 0.0870. The molecule has 2 aliphatic heterocycles. The zero-order valence-electron chi connectivity index (χ0n) is 27.9. The molecule has 0 N–H and O–H groups in total. The van der Waals surface area contributed by atoms with E-state index in [4.69, 9.17) is 0 Å². The van der Waals surface area contributed by atoms with Crippen LogP contribution in [0.2, 0.25) is 26.2 Å². The molecule has 0 spiro atoms. The van der Waals surface area contributed by atoms with Crippen LogP contribution < -0.4 is 20.7 Å². The zero-order valence-corrected chi connectivity index (χ0v) is 29.9. The molecule has 0 fully saturated rings. The van der Waals surface area contributed by atoms with E-state index < -0.39 is 16.1 Å². The Morgan fingerprint density at radius 2 is 0.729 bits per heavy atom. The van der Waals surface area contributed by atoms with Gasteiger partial charge in [0.15, 0.2) is 0 Å². The van der Waals surface area contributed by atoms with Crippen LogP contribution in [0, 0.1) is 0 Å². The second-order valence-electron chi connectivity index (χ2n) is 14.9. The number of benzene rings is 8. The van der Waals surface area contributed by atoms with Gasteiger partial charge < -0.3 is 0 Å². The van der Waals surface area contributed by atoms with Gasteiger partial charge in [-0.25, -0.2) is 0 Å². The van der Waals surface area contributed by atoms with Gasteiger partial charge in [0.25, 0.3) is 0 Å². The summed E-state index contributed by atoms with van der Waals surface area (Å²) in [7, 11) is -3.83. The van der Waals surface area contributed by atoms with E-state index in [9.17, 15) is 0 Å². The fourth-order valence-electron chi connectivity index (χ4n) is 9.17. The van der Waals surface area contributed by atoms with Crippen LogP contribution in [0.4, 0.5) is 0 Å². The molecule has 0 nitrogen and oxygen atoms in total. The summed E-state index contributed by atoms with van der Waals surface area (Å²) in [6, 6.07) is 55.6. The van der Waals surface area contributed by atoms with E-state index in [1.165, 1.54) is 76.8 Å². The highest BCUT2D eigenvalue weighted by molar-refractivity contribution is 7.05. The van der Waals surface area contributed by atoms with Crippen LogP contribution in [-0.2, 0) is 0 Å². The van der Waals surface area contributed by atoms with E-state index in [0.29, 0.717) is 0 Å². The van der Waals surface area contributed by atoms with Crippen molar-refractivity contribution >= 4 is 69.2 Å². The van der Waals surface area contributed by atoms with Gasteiger partial charge in [0.05, 0.1) is 0 Å². The lowest BCUT2D eigenvalue weighted by molar-refractivity contribution is 1.66. The SMILES string of the molecule is C[Si]1(C)c2cc(-c3cccc4ccccc34)ccc2-c2c1ccc1c3c(ccc21)[Si](C)(C)c1cc(-c2cccc4ccccc24)ccc1-3. The average molecular weight is 645 g/mol. The quantitative estimate of drug-likeness (QED) is 0.164. The number of rotatable bonds is 2. The minimum atomic E-state index is -1.91. The molecular formula is C46H36Si2. The maximum atomic E-state index is 2.55. The average Bonchev–Trinajstić information content (AvgIpc) is 3.50. The molecule has 2 heteroatoms. The summed E-state index contributed by atoms with van der Waals surface area (Å²) in [5.74, 6) is 0. The van der Waals surface area contributed by atoms with Crippen LogP contribution in [-0.4, -0.2) is 16.1 Å². The number of hydrogen-bond donors (Lipinski definition) is 0. The van der Waals surface area contributed by atoms with Gasteiger partial charge in [-0.15, -0.1) is 0 Å². The van der Waals surface area contributed by atoms with Gasteiger partial charge in [-0.3, -0.25) is 0 Å². The fourth-order valence-corrected chi connectivity index (χ4v) is 15.3. The second-order valence-corrected chi connectivity index (χ2v) is 23.6. The van der Waals surface area contributed by atoms with Gasteiger partial charge >= 0.3 is 0 Å². The maximum Gasteiger partial charge on any atom is 0.113 e. The molecule has 2 aliphatic rings. The van der Waals surface area contributed by atoms with E-state index >= 15 is 0 Å².